The molecule has 42 heavy (non-hydrogen) atoms. The zero-order chi connectivity index (χ0) is 31.7. The molecule has 0 fully saturated rings. The van der Waals surface area contributed by atoms with Crippen molar-refractivity contribution >= 4 is 29.5 Å². The van der Waals surface area contributed by atoms with Gasteiger partial charge >= 0.3 is 6.09 Å². The number of terminal acetylenes is 1. The number of carbonyl (C=O) groups excluding carboxylic acids is 4. The van der Waals surface area contributed by atoms with Crippen molar-refractivity contribution < 1.29 is 28.7 Å². The van der Waals surface area contributed by atoms with E-state index in [-0.39, 0.29) is 12.8 Å². The molecular formula is C32H42N4O6. The Morgan fingerprint density at radius 1 is 1.00 bits per heavy atom. The number of carbonyl (C=O) groups is 4. The molecule has 10 heteroatoms. The minimum Gasteiger partial charge on any atom is -0.497 e. The Morgan fingerprint density at radius 3 is 2.07 bits per heavy atom. The molecular weight excluding hydrogens is 536 g/mol. The lowest BCUT2D eigenvalue weighted by Crippen LogP contribution is -2.59. The number of nitrogens with one attached hydrogen (secondary N) is 2. The van der Waals surface area contributed by atoms with E-state index >= 15 is 0 Å². The lowest BCUT2D eigenvalue weighted by Gasteiger charge is -2.44. The van der Waals surface area contributed by atoms with Crippen LogP contribution in [0.3, 0.4) is 0 Å². The molecule has 0 radical (unpaired) electrons. The van der Waals surface area contributed by atoms with Crippen LogP contribution in [-0.4, -0.2) is 53.0 Å². The first-order chi connectivity index (χ1) is 19.6. The summed E-state index contributed by atoms with van der Waals surface area (Å²) in [6.07, 6.45) is 4.91. The molecule has 0 spiro atoms. The third-order valence-electron chi connectivity index (χ3n) is 6.68. The number of primary amides is 1. The van der Waals surface area contributed by atoms with Crippen LogP contribution in [0.4, 0.5) is 10.5 Å². The zero-order valence-corrected chi connectivity index (χ0v) is 25.4. The standard InChI is InChI=1S/C32H42N4O6/c1-9-21-11-13-22(14-12-21)27(28(38)34-23-15-17-24(41-8)18-16-23)36(32(6,7)10-2)29(39)25(19-20-26(33)37)35-30(40)42-31(3,4)5/h1,11-18,25,27H,10,19-20H2,2-8H3,(H2,33,37)(H,34,38)(H,35,40). The van der Waals surface area contributed by atoms with Crippen LogP contribution in [0.15, 0.2) is 48.5 Å². The first kappa shape index (κ1) is 33.7. The van der Waals surface area contributed by atoms with E-state index in [1.807, 2.05) is 20.8 Å². The maximum Gasteiger partial charge on any atom is 0.408 e. The van der Waals surface area contributed by atoms with E-state index in [4.69, 9.17) is 21.6 Å². The maximum atomic E-state index is 14.4. The Hall–Kier alpha value is -4.52. The first-order valence-corrected chi connectivity index (χ1v) is 13.7. The molecule has 0 saturated heterocycles. The van der Waals surface area contributed by atoms with Gasteiger partial charge in [0.2, 0.25) is 11.8 Å². The molecule has 4 N–H and O–H groups in total. The molecule has 10 nitrogen and oxygen atoms in total. The third-order valence-corrected chi connectivity index (χ3v) is 6.68. The van der Waals surface area contributed by atoms with E-state index in [1.165, 1.54) is 4.90 Å². The Bertz CT molecular complexity index is 1290. The lowest BCUT2D eigenvalue weighted by atomic mass is 9.91. The Kier molecular flexibility index (Phi) is 11.5. The number of hydrogen-bond donors (Lipinski definition) is 3. The molecule has 0 heterocycles. The van der Waals surface area contributed by atoms with Gasteiger partial charge in [-0.2, -0.15) is 0 Å². The third kappa shape index (κ3) is 9.54. The van der Waals surface area contributed by atoms with Crippen LogP contribution in [0.5, 0.6) is 5.75 Å². The molecule has 2 unspecified atom stereocenters. The average molecular weight is 579 g/mol. The van der Waals surface area contributed by atoms with Gasteiger partial charge in [-0.3, -0.25) is 14.4 Å². The maximum absolute atomic E-state index is 14.4. The summed E-state index contributed by atoms with van der Waals surface area (Å²) in [6, 6.07) is 11.2. The van der Waals surface area contributed by atoms with Gasteiger partial charge in [0.15, 0.2) is 0 Å². The largest absolute Gasteiger partial charge is 0.497 e. The van der Waals surface area contributed by atoms with E-state index < -0.39 is 47.0 Å². The van der Waals surface area contributed by atoms with Crippen LogP contribution in [0, 0.1) is 12.3 Å². The molecule has 226 valence electrons. The van der Waals surface area contributed by atoms with Crippen LogP contribution >= 0.6 is 0 Å². The van der Waals surface area contributed by atoms with Crippen LogP contribution in [0.2, 0.25) is 0 Å². The lowest BCUT2D eigenvalue weighted by molar-refractivity contribution is -0.148. The number of nitrogens with zero attached hydrogens (tertiary/aromatic N) is 1. The minimum absolute atomic E-state index is 0.0907. The summed E-state index contributed by atoms with van der Waals surface area (Å²) in [4.78, 5) is 54.4. The Morgan fingerprint density at radius 2 is 1.60 bits per heavy atom. The number of rotatable bonds is 12. The van der Waals surface area contributed by atoms with E-state index in [0.717, 1.165) is 0 Å². The summed E-state index contributed by atoms with van der Waals surface area (Å²) in [6.45, 7) is 10.6. The Labute approximate surface area is 248 Å². The summed E-state index contributed by atoms with van der Waals surface area (Å²) in [5, 5.41) is 5.50. The minimum atomic E-state index is -1.21. The number of benzene rings is 2. The molecule has 0 bridgehead atoms. The van der Waals surface area contributed by atoms with Crippen molar-refractivity contribution in [1.29, 1.82) is 0 Å². The smallest absolute Gasteiger partial charge is 0.408 e. The second kappa shape index (κ2) is 14.4. The van der Waals surface area contributed by atoms with Gasteiger partial charge in [-0.25, -0.2) is 4.79 Å². The molecule has 2 aromatic carbocycles. The van der Waals surface area contributed by atoms with Gasteiger partial charge in [0, 0.05) is 23.2 Å². The molecule has 0 aliphatic heterocycles. The van der Waals surface area contributed by atoms with Crippen molar-refractivity contribution in [2.24, 2.45) is 5.73 Å². The van der Waals surface area contributed by atoms with Gasteiger partial charge in [0.25, 0.3) is 5.91 Å². The second-order valence-electron chi connectivity index (χ2n) is 11.5. The number of nitrogens with two attached hydrogens (primary N) is 1. The van der Waals surface area contributed by atoms with Crippen molar-refractivity contribution in [3.05, 3.63) is 59.7 Å². The predicted octanol–water partition coefficient (Wildman–Crippen LogP) is 4.53. The average Bonchev–Trinajstić information content (AvgIpc) is 2.92. The summed E-state index contributed by atoms with van der Waals surface area (Å²) in [5.41, 5.74) is 5.28. The van der Waals surface area contributed by atoms with E-state index in [2.05, 4.69) is 16.6 Å². The van der Waals surface area contributed by atoms with Crippen molar-refractivity contribution in [1.82, 2.24) is 10.2 Å². The second-order valence-corrected chi connectivity index (χ2v) is 11.5. The molecule has 4 amide bonds. The fraction of sp³-hybridized carbons (Fsp3) is 0.438. The van der Waals surface area contributed by atoms with Crippen molar-refractivity contribution in [2.75, 3.05) is 12.4 Å². The van der Waals surface area contributed by atoms with Crippen molar-refractivity contribution in [3.63, 3.8) is 0 Å². The highest BCUT2D eigenvalue weighted by Gasteiger charge is 2.43. The summed E-state index contributed by atoms with van der Waals surface area (Å²) < 4.78 is 10.6. The highest BCUT2D eigenvalue weighted by molar-refractivity contribution is 5.99. The highest BCUT2D eigenvalue weighted by Crippen LogP contribution is 2.33. The van der Waals surface area contributed by atoms with Gasteiger partial charge in [0.1, 0.15) is 23.4 Å². The zero-order valence-electron chi connectivity index (χ0n) is 25.4. The number of methoxy groups -OCH3 is 1. The van der Waals surface area contributed by atoms with Gasteiger partial charge < -0.3 is 30.7 Å². The van der Waals surface area contributed by atoms with Crippen LogP contribution in [0.1, 0.15) is 78.0 Å². The van der Waals surface area contributed by atoms with E-state index in [0.29, 0.717) is 29.0 Å². The fourth-order valence-electron chi connectivity index (χ4n) is 4.17. The number of hydrogen-bond acceptors (Lipinski definition) is 6. The predicted molar refractivity (Wildman–Crippen MR) is 162 cm³/mol. The molecule has 0 saturated carbocycles. The molecule has 2 atom stereocenters. The van der Waals surface area contributed by atoms with Crippen LogP contribution in [0.25, 0.3) is 0 Å². The van der Waals surface area contributed by atoms with Crippen LogP contribution < -0.4 is 21.1 Å². The SMILES string of the molecule is C#Cc1ccc(C(C(=O)Nc2ccc(OC)cc2)N(C(=O)C(CCC(N)=O)NC(=O)OC(C)(C)C)C(C)(C)CC)cc1. The summed E-state index contributed by atoms with van der Waals surface area (Å²) in [7, 11) is 1.54. The van der Waals surface area contributed by atoms with Crippen LogP contribution in [-0.2, 0) is 19.1 Å². The summed E-state index contributed by atoms with van der Waals surface area (Å²) in [5.74, 6) is 1.46. The van der Waals surface area contributed by atoms with Gasteiger partial charge in [-0.15, -0.1) is 6.42 Å². The summed E-state index contributed by atoms with van der Waals surface area (Å²) >= 11 is 0. The quantitative estimate of drug-likeness (QED) is 0.316. The number of amides is 4. The van der Waals surface area contributed by atoms with Crippen molar-refractivity contribution in [2.45, 2.75) is 84.0 Å². The van der Waals surface area contributed by atoms with Crippen molar-refractivity contribution in [3.8, 4) is 18.1 Å². The first-order valence-electron chi connectivity index (χ1n) is 13.7. The fourth-order valence-corrected chi connectivity index (χ4v) is 4.17. The van der Waals surface area contributed by atoms with Gasteiger partial charge in [-0.1, -0.05) is 25.0 Å². The number of alkyl carbamates (subject to hydrolysis) is 1. The number of ether oxygens (including phenoxy) is 2. The molecule has 2 aromatic rings. The molecule has 0 aliphatic carbocycles. The van der Waals surface area contributed by atoms with Gasteiger partial charge in [0.05, 0.1) is 7.11 Å². The van der Waals surface area contributed by atoms with E-state index in [1.54, 1.807) is 76.4 Å². The molecule has 0 aliphatic rings. The molecule has 0 aromatic heterocycles. The Balaban J connectivity index is 2.65. The monoisotopic (exact) mass is 578 g/mol. The number of anilines is 1. The van der Waals surface area contributed by atoms with E-state index in [9.17, 15) is 19.2 Å². The topological polar surface area (TPSA) is 140 Å². The highest BCUT2D eigenvalue weighted by atomic mass is 16.6. The molecule has 2 rings (SSSR count). The van der Waals surface area contributed by atoms with Gasteiger partial charge in [-0.05, 0) is 89.4 Å². The normalized spacial score (nSPS) is 12.7.